The number of carbonyl (C=O) groups is 2. The molecular weight excluding hydrogens is 426 g/mol. The second-order valence-corrected chi connectivity index (χ2v) is 10.5. The van der Waals surface area contributed by atoms with Crippen molar-refractivity contribution in [3.63, 3.8) is 0 Å². The molecule has 0 radical (unpaired) electrons. The number of Topliss-reactive ketones (excluding diaryl/α,β-unsaturated/α-hetero) is 1. The molecule has 2 fully saturated rings. The van der Waals surface area contributed by atoms with Crippen LogP contribution < -0.4 is 5.73 Å². The third-order valence-electron chi connectivity index (χ3n) is 8.06. The van der Waals surface area contributed by atoms with Gasteiger partial charge in [-0.25, -0.2) is 0 Å². The summed E-state index contributed by atoms with van der Waals surface area (Å²) in [4.78, 5) is 28.4. The number of aliphatic carboxylic acids is 1. The van der Waals surface area contributed by atoms with Crippen LogP contribution in [0.1, 0.15) is 69.9 Å². The van der Waals surface area contributed by atoms with Crippen molar-refractivity contribution in [2.45, 2.75) is 65.3 Å². The van der Waals surface area contributed by atoms with Crippen LogP contribution in [-0.2, 0) is 16.1 Å². The van der Waals surface area contributed by atoms with Crippen LogP contribution in [0.15, 0.2) is 42.4 Å². The van der Waals surface area contributed by atoms with Crippen LogP contribution in [0, 0.1) is 17.3 Å². The van der Waals surface area contributed by atoms with Crippen molar-refractivity contribution in [2.75, 3.05) is 0 Å². The number of carboxylic acids is 1. The highest BCUT2D eigenvalue weighted by molar-refractivity contribution is 6.20. The van der Waals surface area contributed by atoms with Crippen LogP contribution in [0.5, 0.6) is 0 Å². The van der Waals surface area contributed by atoms with Gasteiger partial charge in [0.25, 0.3) is 0 Å². The van der Waals surface area contributed by atoms with E-state index < -0.39 is 11.9 Å². The normalized spacial score (nSPS) is 22.5. The standard InChI is InChI=1S/C28H33N3O3/c1-17(29)25(18(2)32)22-13-24-26(30-14-22)23(20-3-5-21(6-4-20)27(33)34)16-31(24)15-19-7-9-28(10-8-19)11-12-28/h3-5,13-14,16,19,21H,6-12,15,29H2,1-2H3,(H,33,34). The number of nitrogens with zero attached hydrogens (tertiary/aromatic N) is 2. The third kappa shape index (κ3) is 4.22. The molecule has 0 aromatic carbocycles. The lowest BCUT2D eigenvalue weighted by atomic mass is 9.80. The molecular formula is C28H33N3O3. The summed E-state index contributed by atoms with van der Waals surface area (Å²) in [6, 6.07) is 2.04. The minimum atomic E-state index is -0.803. The number of ketones is 1. The highest BCUT2D eigenvalue weighted by atomic mass is 16.4. The monoisotopic (exact) mass is 459 g/mol. The van der Waals surface area contributed by atoms with Gasteiger partial charge in [0, 0.05) is 41.3 Å². The molecule has 6 nitrogen and oxygen atoms in total. The molecule has 1 unspecified atom stereocenters. The third-order valence-corrected chi connectivity index (χ3v) is 8.06. The highest BCUT2D eigenvalue weighted by Crippen LogP contribution is 2.57. The van der Waals surface area contributed by atoms with E-state index in [2.05, 4.69) is 10.8 Å². The van der Waals surface area contributed by atoms with Gasteiger partial charge in [0.15, 0.2) is 5.78 Å². The predicted octanol–water partition coefficient (Wildman–Crippen LogP) is 5.33. The maximum atomic E-state index is 12.3. The molecule has 2 aromatic heterocycles. The average molecular weight is 460 g/mol. The van der Waals surface area contributed by atoms with Crippen molar-refractivity contribution in [3.05, 3.63) is 53.5 Å². The molecule has 1 spiro atoms. The molecule has 3 aliphatic rings. The van der Waals surface area contributed by atoms with E-state index in [0.29, 0.717) is 29.0 Å². The second-order valence-electron chi connectivity index (χ2n) is 10.5. The number of fused-ring (bicyclic) bond motifs is 1. The molecule has 3 aliphatic carbocycles. The molecule has 3 N–H and O–H groups in total. The molecule has 5 rings (SSSR count). The molecule has 2 saturated carbocycles. The zero-order chi connectivity index (χ0) is 24.0. The smallest absolute Gasteiger partial charge is 0.310 e. The molecule has 34 heavy (non-hydrogen) atoms. The zero-order valence-corrected chi connectivity index (χ0v) is 20.0. The predicted molar refractivity (Wildman–Crippen MR) is 134 cm³/mol. The molecule has 2 aromatic rings. The molecule has 178 valence electrons. The summed E-state index contributed by atoms with van der Waals surface area (Å²) in [6.45, 7) is 4.21. The first kappa shape index (κ1) is 22.6. The summed E-state index contributed by atoms with van der Waals surface area (Å²) in [6.07, 6.45) is 18.0. The van der Waals surface area contributed by atoms with Gasteiger partial charge in [-0.05, 0) is 81.8 Å². The van der Waals surface area contributed by atoms with E-state index >= 15 is 0 Å². The molecule has 0 bridgehead atoms. The van der Waals surface area contributed by atoms with Gasteiger partial charge in [-0.1, -0.05) is 18.2 Å². The summed E-state index contributed by atoms with van der Waals surface area (Å²) in [7, 11) is 0. The fourth-order valence-corrected chi connectivity index (χ4v) is 5.80. The highest BCUT2D eigenvalue weighted by Gasteiger charge is 2.44. The van der Waals surface area contributed by atoms with E-state index in [1.807, 2.05) is 18.2 Å². The number of carboxylic acid groups (broad SMARTS) is 1. The van der Waals surface area contributed by atoms with Gasteiger partial charge in [-0.15, -0.1) is 0 Å². The lowest BCUT2D eigenvalue weighted by molar-refractivity contribution is -0.140. The summed E-state index contributed by atoms with van der Waals surface area (Å²) >= 11 is 0. The summed E-state index contributed by atoms with van der Waals surface area (Å²) in [5.74, 6) is -0.726. The summed E-state index contributed by atoms with van der Waals surface area (Å²) in [5, 5.41) is 9.33. The Morgan fingerprint density at radius 3 is 2.50 bits per heavy atom. The van der Waals surface area contributed by atoms with Gasteiger partial charge in [0.1, 0.15) is 0 Å². The van der Waals surface area contributed by atoms with E-state index in [9.17, 15) is 14.7 Å². The minimum Gasteiger partial charge on any atom is -0.481 e. The number of nitrogens with two attached hydrogens (primary N) is 1. The Labute approximate surface area is 200 Å². The Hall–Kier alpha value is -3.15. The molecule has 0 amide bonds. The Bertz CT molecular complexity index is 1250. The number of aromatic nitrogens is 2. The Kier molecular flexibility index (Phi) is 5.70. The van der Waals surface area contributed by atoms with Crippen LogP contribution in [-0.4, -0.2) is 26.4 Å². The fraction of sp³-hybridized carbons (Fsp3) is 0.464. The molecule has 6 heteroatoms. The maximum absolute atomic E-state index is 12.3. The Morgan fingerprint density at radius 2 is 1.94 bits per heavy atom. The van der Waals surface area contributed by atoms with Crippen LogP contribution in [0.4, 0.5) is 0 Å². The molecule has 0 aliphatic heterocycles. The number of rotatable bonds is 6. The SMILES string of the molecule is CC(=O)C(=C(C)N)c1cnc2c(C3=CCC(C(=O)O)C=C3)cn(CC3CCC4(CC3)CC4)c2c1. The van der Waals surface area contributed by atoms with Crippen molar-refractivity contribution < 1.29 is 14.7 Å². The average Bonchev–Trinajstić information content (AvgIpc) is 3.47. The second kappa shape index (κ2) is 8.57. The van der Waals surface area contributed by atoms with Gasteiger partial charge in [-0.3, -0.25) is 14.6 Å². The van der Waals surface area contributed by atoms with Crippen molar-refractivity contribution in [1.82, 2.24) is 9.55 Å². The molecule has 2 heterocycles. The first-order valence-corrected chi connectivity index (χ1v) is 12.3. The maximum Gasteiger partial charge on any atom is 0.310 e. The van der Waals surface area contributed by atoms with Crippen molar-refractivity contribution in [2.24, 2.45) is 23.0 Å². The summed E-state index contributed by atoms with van der Waals surface area (Å²) in [5.41, 5.74) is 12.3. The number of pyridine rings is 1. The van der Waals surface area contributed by atoms with E-state index in [1.165, 1.54) is 45.4 Å². The topological polar surface area (TPSA) is 98.2 Å². The van der Waals surface area contributed by atoms with E-state index in [1.54, 1.807) is 19.2 Å². The number of carbonyl (C=O) groups excluding carboxylic acids is 1. The largest absolute Gasteiger partial charge is 0.481 e. The van der Waals surface area contributed by atoms with Crippen LogP contribution >= 0.6 is 0 Å². The van der Waals surface area contributed by atoms with E-state index in [-0.39, 0.29) is 5.78 Å². The van der Waals surface area contributed by atoms with Gasteiger partial charge < -0.3 is 15.4 Å². The van der Waals surface area contributed by atoms with E-state index in [0.717, 1.165) is 34.3 Å². The van der Waals surface area contributed by atoms with Gasteiger partial charge >= 0.3 is 5.97 Å². The first-order chi connectivity index (χ1) is 16.3. The van der Waals surface area contributed by atoms with Crippen molar-refractivity contribution in [3.8, 4) is 0 Å². The molecule has 1 atom stereocenters. The van der Waals surface area contributed by atoms with Gasteiger partial charge in [-0.2, -0.15) is 0 Å². The Balaban J connectivity index is 1.53. The number of allylic oxidation sites excluding steroid dienone is 5. The lowest BCUT2D eigenvalue weighted by Crippen LogP contribution is -2.19. The molecule has 0 saturated heterocycles. The lowest BCUT2D eigenvalue weighted by Gasteiger charge is -2.28. The fourth-order valence-electron chi connectivity index (χ4n) is 5.80. The number of hydrogen-bond acceptors (Lipinski definition) is 4. The van der Waals surface area contributed by atoms with E-state index in [4.69, 9.17) is 10.7 Å². The zero-order valence-electron chi connectivity index (χ0n) is 20.0. The Morgan fingerprint density at radius 1 is 1.21 bits per heavy atom. The van der Waals surface area contributed by atoms with Crippen LogP contribution in [0.3, 0.4) is 0 Å². The van der Waals surface area contributed by atoms with Crippen LogP contribution in [0.25, 0.3) is 22.2 Å². The quantitative estimate of drug-likeness (QED) is 0.569. The van der Waals surface area contributed by atoms with Crippen molar-refractivity contribution in [1.29, 1.82) is 0 Å². The number of hydrogen-bond donors (Lipinski definition) is 2. The summed E-state index contributed by atoms with van der Waals surface area (Å²) < 4.78 is 2.29. The van der Waals surface area contributed by atoms with Crippen LogP contribution in [0.2, 0.25) is 0 Å². The van der Waals surface area contributed by atoms with Gasteiger partial charge in [0.2, 0.25) is 0 Å². The van der Waals surface area contributed by atoms with Gasteiger partial charge in [0.05, 0.1) is 17.0 Å². The van der Waals surface area contributed by atoms with Crippen molar-refractivity contribution >= 4 is 33.9 Å². The first-order valence-electron chi connectivity index (χ1n) is 12.3. The minimum absolute atomic E-state index is 0.0703.